The molecule has 10 heteroatoms. The molecule has 42 heavy (non-hydrogen) atoms. The molecule has 3 aromatic heterocycles. The Morgan fingerprint density at radius 2 is 1.88 bits per heavy atom. The number of imidazole rings is 1. The van der Waals surface area contributed by atoms with Gasteiger partial charge < -0.3 is 24.1 Å². The molecular formula is C32H37N7O3. The summed E-state index contributed by atoms with van der Waals surface area (Å²) in [5, 5.41) is 8.41. The van der Waals surface area contributed by atoms with Gasteiger partial charge in [0, 0.05) is 61.5 Å². The van der Waals surface area contributed by atoms with Crippen molar-refractivity contribution in [1.82, 2.24) is 34.1 Å². The number of ether oxygens (including phenoxy) is 1. The second-order valence-corrected chi connectivity index (χ2v) is 12.1. The number of nitrogens with one attached hydrogen (secondary N) is 1. The van der Waals surface area contributed by atoms with Crippen LogP contribution in [-0.4, -0.2) is 65.5 Å². The van der Waals surface area contributed by atoms with E-state index in [4.69, 9.17) is 9.72 Å². The fourth-order valence-electron chi connectivity index (χ4n) is 5.80. The standard InChI is InChI=1S/C32H37N7O3/c1-32(2,3)42-31(41)34-24-10-8-14-38(20-24)30(40)23-12-13-27-25(15-23)35-29(37(27)5)28-16-22-9-6-7-11-26(22)39(28)19-21-17-33-36(4)18-21/h6-7,9,11-13,15-18,24H,8,10,14,19-20H2,1-5H3,(H,34,41)/t24-/m1/s1. The number of carbonyl (C=O) groups excluding carboxylic acids is 2. The number of nitrogens with zero attached hydrogens (tertiary/aromatic N) is 6. The maximum atomic E-state index is 13.6. The zero-order valence-corrected chi connectivity index (χ0v) is 24.8. The predicted molar refractivity (Wildman–Crippen MR) is 162 cm³/mol. The van der Waals surface area contributed by atoms with Gasteiger partial charge in [0.15, 0.2) is 5.82 Å². The van der Waals surface area contributed by atoms with Crippen molar-refractivity contribution in [3.05, 3.63) is 72.1 Å². The van der Waals surface area contributed by atoms with Crippen LogP contribution in [0.5, 0.6) is 0 Å². The van der Waals surface area contributed by atoms with Crippen molar-refractivity contribution < 1.29 is 14.3 Å². The molecule has 1 aliphatic heterocycles. The number of fused-ring (bicyclic) bond motifs is 2. The van der Waals surface area contributed by atoms with Gasteiger partial charge in [-0.3, -0.25) is 9.48 Å². The van der Waals surface area contributed by atoms with E-state index in [-0.39, 0.29) is 11.9 Å². The van der Waals surface area contributed by atoms with Crippen LogP contribution < -0.4 is 5.32 Å². The molecule has 2 amide bonds. The SMILES string of the molecule is Cn1cc(Cn2c(-c3nc4cc(C(=O)N5CCC[C@@H](NC(=O)OC(C)(C)C)C5)ccc4n3C)cc3ccccc32)cn1. The fraction of sp³-hybridized carbons (Fsp3) is 0.375. The molecule has 1 saturated heterocycles. The van der Waals surface area contributed by atoms with Gasteiger partial charge in [0.1, 0.15) is 5.60 Å². The number of alkyl carbamates (subject to hydrolysis) is 1. The molecule has 1 fully saturated rings. The minimum Gasteiger partial charge on any atom is -0.444 e. The third kappa shape index (κ3) is 5.48. The lowest BCUT2D eigenvalue weighted by Gasteiger charge is -2.33. The van der Waals surface area contributed by atoms with Gasteiger partial charge in [-0.25, -0.2) is 9.78 Å². The number of aryl methyl sites for hydroxylation is 2. The molecule has 10 nitrogen and oxygen atoms in total. The van der Waals surface area contributed by atoms with Crippen LogP contribution in [-0.2, 0) is 25.4 Å². The van der Waals surface area contributed by atoms with Crippen LogP contribution in [0.2, 0.25) is 0 Å². The van der Waals surface area contributed by atoms with Crippen molar-refractivity contribution in [3.63, 3.8) is 0 Å². The molecule has 5 aromatic rings. The second-order valence-electron chi connectivity index (χ2n) is 12.1. The van der Waals surface area contributed by atoms with E-state index in [0.717, 1.165) is 51.9 Å². The van der Waals surface area contributed by atoms with Gasteiger partial charge in [0.05, 0.1) is 29.5 Å². The van der Waals surface area contributed by atoms with Gasteiger partial charge >= 0.3 is 6.09 Å². The maximum absolute atomic E-state index is 13.6. The number of hydrogen-bond acceptors (Lipinski definition) is 5. The largest absolute Gasteiger partial charge is 0.444 e. The maximum Gasteiger partial charge on any atom is 0.407 e. The molecule has 1 N–H and O–H groups in total. The normalized spacial score (nSPS) is 15.8. The van der Waals surface area contributed by atoms with E-state index in [0.29, 0.717) is 25.2 Å². The molecule has 1 aliphatic rings. The van der Waals surface area contributed by atoms with Crippen LogP contribution >= 0.6 is 0 Å². The highest BCUT2D eigenvalue weighted by Gasteiger charge is 2.28. The summed E-state index contributed by atoms with van der Waals surface area (Å²) < 4.78 is 11.6. The van der Waals surface area contributed by atoms with Gasteiger partial charge in [-0.05, 0) is 63.9 Å². The van der Waals surface area contributed by atoms with E-state index in [9.17, 15) is 9.59 Å². The predicted octanol–water partition coefficient (Wildman–Crippen LogP) is 5.11. The van der Waals surface area contributed by atoms with Crippen LogP contribution in [0.4, 0.5) is 4.79 Å². The van der Waals surface area contributed by atoms with Crippen molar-refractivity contribution in [1.29, 1.82) is 0 Å². The quantitative estimate of drug-likeness (QED) is 0.318. The number of amides is 2. The summed E-state index contributed by atoms with van der Waals surface area (Å²) in [5.41, 5.74) is 4.95. The number of hydrogen-bond donors (Lipinski definition) is 1. The van der Waals surface area contributed by atoms with Gasteiger partial charge in [-0.1, -0.05) is 18.2 Å². The molecule has 0 unspecified atom stereocenters. The Morgan fingerprint density at radius 1 is 1.07 bits per heavy atom. The van der Waals surface area contributed by atoms with E-state index in [1.165, 1.54) is 0 Å². The highest BCUT2D eigenvalue weighted by molar-refractivity contribution is 5.98. The first kappa shape index (κ1) is 27.6. The Balaban J connectivity index is 1.28. The molecule has 6 rings (SSSR count). The minimum atomic E-state index is -0.571. The Morgan fingerprint density at radius 3 is 2.64 bits per heavy atom. The number of aromatic nitrogens is 5. The third-order valence-electron chi connectivity index (χ3n) is 7.70. The smallest absolute Gasteiger partial charge is 0.407 e. The molecule has 0 saturated carbocycles. The molecule has 0 spiro atoms. The fourth-order valence-corrected chi connectivity index (χ4v) is 5.80. The van der Waals surface area contributed by atoms with E-state index in [2.05, 4.69) is 37.7 Å². The summed E-state index contributed by atoms with van der Waals surface area (Å²) in [6.07, 6.45) is 5.08. The zero-order valence-electron chi connectivity index (χ0n) is 24.8. The Kier molecular flexibility index (Phi) is 7.00. The molecule has 2 aromatic carbocycles. The number of benzene rings is 2. The minimum absolute atomic E-state index is 0.0644. The summed E-state index contributed by atoms with van der Waals surface area (Å²) >= 11 is 0. The lowest BCUT2D eigenvalue weighted by molar-refractivity contribution is 0.0452. The Labute approximate surface area is 244 Å². The third-order valence-corrected chi connectivity index (χ3v) is 7.70. The van der Waals surface area contributed by atoms with Crippen molar-refractivity contribution in [3.8, 4) is 11.5 Å². The van der Waals surface area contributed by atoms with Crippen LogP contribution in [0, 0.1) is 0 Å². The van der Waals surface area contributed by atoms with Crippen molar-refractivity contribution >= 4 is 33.9 Å². The molecule has 0 bridgehead atoms. The molecule has 1 atom stereocenters. The lowest BCUT2D eigenvalue weighted by atomic mass is 10.0. The van der Waals surface area contributed by atoms with Gasteiger partial charge in [-0.15, -0.1) is 0 Å². The highest BCUT2D eigenvalue weighted by Crippen LogP contribution is 2.31. The van der Waals surface area contributed by atoms with Crippen molar-refractivity contribution in [2.75, 3.05) is 13.1 Å². The summed E-state index contributed by atoms with van der Waals surface area (Å²) in [6.45, 7) is 7.26. The first-order chi connectivity index (χ1) is 20.1. The van der Waals surface area contributed by atoms with Crippen molar-refractivity contribution in [2.24, 2.45) is 14.1 Å². The molecular weight excluding hydrogens is 530 g/mol. The molecule has 4 heterocycles. The van der Waals surface area contributed by atoms with Crippen LogP contribution in [0.15, 0.2) is 60.9 Å². The van der Waals surface area contributed by atoms with E-state index >= 15 is 0 Å². The summed E-state index contributed by atoms with van der Waals surface area (Å²) in [6, 6.07) is 16.1. The monoisotopic (exact) mass is 567 g/mol. The Bertz CT molecular complexity index is 1790. The van der Waals surface area contributed by atoms with E-state index in [1.807, 2.05) is 87.2 Å². The lowest BCUT2D eigenvalue weighted by Crippen LogP contribution is -2.50. The summed E-state index contributed by atoms with van der Waals surface area (Å²) in [5.74, 6) is 0.764. The second kappa shape index (κ2) is 10.7. The average Bonchev–Trinajstić information content (AvgIpc) is 3.62. The molecule has 0 aliphatic carbocycles. The van der Waals surface area contributed by atoms with Crippen LogP contribution in [0.25, 0.3) is 33.5 Å². The number of para-hydroxylation sites is 1. The first-order valence-corrected chi connectivity index (χ1v) is 14.4. The van der Waals surface area contributed by atoms with Gasteiger partial charge in [-0.2, -0.15) is 5.10 Å². The van der Waals surface area contributed by atoms with Crippen molar-refractivity contribution in [2.45, 2.75) is 51.8 Å². The van der Waals surface area contributed by atoms with Gasteiger partial charge in [0.25, 0.3) is 5.91 Å². The number of piperidine rings is 1. The van der Waals surface area contributed by atoms with Crippen LogP contribution in [0.1, 0.15) is 49.5 Å². The summed E-state index contributed by atoms with van der Waals surface area (Å²) in [4.78, 5) is 32.7. The molecule has 0 radical (unpaired) electrons. The number of likely N-dealkylation sites (tertiary alicyclic amines) is 1. The zero-order chi connectivity index (χ0) is 29.6. The van der Waals surface area contributed by atoms with E-state index in [1.54, 1.807) is 0 Å². The van der Waals surface area contributed by atoms with Crippen LogP contribution in [0.3, 0.4) is 0 Å². The highest BCUT2D eigenvalue weighted by atomic mass is 16.6. The summed E-state index contributed by atoms with van der Waals surface area (Å²) in [7, 11) is 3.93. The average molecular weight is 568 g/mol. The Hall–Kier alpha value is -4.60. The van der Waals surface area contributed by atoms with Gasteiger partial charge in [0.2, 0.25) is 0 Å². The molecule has 218 valence electrons. The van der Waals surface area contributed by atoms with E-state index < -0.39 is 11.7 Å². The topological polar surface area (TPSA) is 99.2 Å². The number of rotatable bonds is 5. The number of carbonyl (C=O) groups is 2. The first-order valence-electron chi connectivity index (χ1n) is 14.4.